The third kappa shape index (κ3) is 4.45. The summed E-state index contributed by atoms with van der Waals surface area (Å²) in [7, 11) is -5.56. The summed E-state index contributed by atoms with van der Waals surface area (Å²) in [5.74, 6) is -1.97. The summed E-state index contributed by atoms with van der Waals surface area (Å²) in [5, 5.41) is 27.3. The zero-order valence-electron chi connectivity index (χ0n) is 14.1. The predicted octanol–water partition coefficient (Wildman–Crippen LogP) is -1.11. The van der Waals surface area contributed by atoms with Crippen LogP contribution in [0.3, 0.4) is 0 Å². The first-order valence-electron chi connectivity index (χ1n) is 8.07. The van der Waals surface area contributed by atoms with Gasteiger partial charge in [-0.05, 0) is 24.9 Å². The first-order chi connectivity index (χ1) is 12.1. The molecule has 1 aliphatic rings. The van der Waals surface area contributed by atoms with E-state index in [2.05, 4.69) is 4.72 Å². The maximum Gasteiger partial charge on any atom is 0.451 e. The van der Waals surface area contributed by atoms with Crippen LogP contribution in [0, 0.1) is 5.92 Å². The Morgan fingerprint density at radius 3 is 2.62 bits per heavy atom. The van der Waals surface area contributed by atoms with Crippen LogP contribution in [0.4, 0.5) is 11.4 Å². The van der Waals surface area contributed by atoms with E-state index < -0.39 is 41.3 Å². The number of nitrogens with one attached hydrogen (secondary N) is 1. The van der Waals surface area contributed by atoms with E-state index in [4.69, 9.17) is 21.5 Å². The lowest BCUT2D eigenvalue weighted by molar-refractivity contribution is -0.144. The van der Waals surface area contributed by atoms with Gasteiger partial charge in [0.05, 0.1) is 11.4 Å². The summed E-state index contributed by atoms with van der Waals surface area (Å²) < 4.78 is 28.6. The number of anilines is 2. The maximum absolute atomic E-state index is 12.6. The number of para-hydroxylation sites is 2. The Morgan fingerprint density at radius 1 is 1.38 bits per heavy atom. The lowest BCUT2D eigenvalue weighted by Gasteiger charge is -2.25. The van der Waals surface area contributed by atoms with Crippen LogP contribution < -0.4 is 16.2 Å². The monoisotopic (exact) mass is 386 g/mol. The molecule has 2 rings (SSSR count). The first kappa shape index (κ1) is 20.5. The molecule has 1 heterocycles. The summed E-state index contributed by atoms with van der Waals surface area (Å²) in [6.45, 7) is -0.483. The third-order valence-corrected chi connectivity index (χ3v) is 5.98. The molecule has 144 valence electrons. The molecule has 2 atom stereocenters. The number of nitrogens with two attached hydrogens (primary N) is 2. The van der Waals surface area contributed by atoms with E-state index in [1.54, 1.807) is 12.1 Å². The number of hydrogen-bond donors (Lipinski definition) is 6. The Bertz CT molecular complexity index is 762. The Kier molecular flexibility index (Phi) is 6.14. The standard InChI is InChI=1S/C14H23BN4O6S/c16-11-5-1-2-6-12(11)18-26(24,25)19-8-10(4-3-7-15(22)23)14(17,9-19)13(20)21/h1-2,5-6,10,18,22-23H,3-4,7-9,16-17H2,(H,20,21)/t10-,14-/m1/s1. The molecular weight excluding hydrogens is 363 g/mol. The lowest BCUT2D eigenvalue weighted by Crippen LogP contribution is -2.55. The summed E-state index contributed by atoms with van der Waals surface area (Å²) in [4.78, 5) is 11.6. The molecule has 0 radical (unpaired) electrons. The smallest absolute Gasteiger partial charge is 0.451 e. The fourth-order valence-corrected chi connectivity index (χ4v) is 4.36. The summed E-state index contributed by atoms with van der Waals surface area (Å²) >= 11 is 0. The second-order valence-electron chi connectivity index (χ2n) is 6.44. The first-order valence-corrected chi connectivity index (χ1v) is 9.51. The Balaban J connectivity index is 2.16. The van der Waals surface area contributed by atoms with E-state index in [9.17, 15) is 18.3 Å². The van der Waals surface area contributed by atoms with Crippen LogP contribution in [-0.2, 0) is 15.0 Å². The normalized spacial score (nSPS) is 23.7. The van der Waals surface area contributed by atoms with Gasteiger partial charge in [-0.1, -0.05) is 18.6 Å². The second-order valence-corrected chi connectivity index (χ2v) is 8.11. The minimum Gasteiger partial charge on any atom is -0.480 e. The van der Waals surface area contributed by atoms with Gasteiger partial charge >= 0.3 is 23.3 Å². The van der Waals surface area contributed by atoms with E-state index >= 15 is 0 Å². The lowest BCUT2D eigenvalue weighted by atomic mass is 9.78. The van der Waals surface area contributed by atoms with E-state index in [0.29, 0.717) is 6.42 Å². The molecule has 0 amide bonds. The van der Waals surface area contributed by atoms with Gasteiger partial charge in [0.15, 0.2) is 0 Å². The average molecular weight is 386 g/mol. The van der Waals surface area contributed by atoms with Crippen LogP contribution in [0.5, 0.6) is 0 Å². The molecule has 0 aromatic heterocycles. The van der Waals surface area contributed by atoms with Gasteiger partial charge in [-0.15, -0.1) is 0 Å². The third-order valence-electron chi connectivity index (χ3n) is 4.54. The van der Waals surface area contributed by atoms with Crippen molar-refractivity contribution in [3.8, 4) is 0 Å². The summed E-state index contributed by atoms with van der Waals surface area (Å²) in [6, 6.07) is 6.31. The quantitative estimate of drug-likeness (QED) is 0.240. The predicted molar refractivity (Wildman–Crippen MR) is 97.2 cm³/mol. The number of hydrogen-bond acceptors (Lipinski definition) is 7. The average Bonchev–Trinajstić information content (AvgIpc) is 2.89. The highest BCUT2D eigenvalue weighted by molar-refractivity contribution is 7.90. The number of benzene rings is 1. The van der Waals surface area contributed by atoms with Crippen molar-refractivity contribution in [2.45, 2.75) is 24.7 Å². The molecule has 10 nitrogen and oxygen atoms in total. The number of carbonyl (C=O) groups is 1. The van der Waals surface area contributed by atoms with E-state index in [0.717, 1.165) is 4.31 Å². The molecule has 26 heavy (non-hydrogen) atoms. The molecule has 1 saturated heterocycles. The highest BCUT2D eigenvalue weighted by Gasteiger charge is 2.52. The van der Waals surface area contributed by atoms with Crippen molar-refractivity contribution in [3.05, 3.63) is 24.3 Å². The van der Waals surface area contributed by atoms with Gasteiger partial charge < -0.3 is 26.6 Å². The number of nitrogen functional groups attached to an aromatic ring is 1. The van der Waals surface area contributed by atoms with Gasteiger partial charge in [0, 0.05) is 19.0 Å². The largest absolute Gasteiger partial charge is 0.480 e. The van der Waals surface area contributed by atoms with Gasteiger partial charge in [0.2, 0.25) is 0 Å². The molecule has 0 spiro atoms. The van der Waals surface area contributed by atoms with Crippen LogP contribution in [0.1, 0.15) is 12.8 Å². The Labute approximate surface area is 152 Å². The van der Waals surface area contributed by atoms with Crippen molar-refractivity contribution >= 4 is 34.7 Å². The van der Waals surface area contributed by atoms with E-state index in [-0.39, 0.29) is 30.7 Å². The fraction of sp³-hybridized carbons (Fsp3) is 0.500. The molecule has 1 aliphatic heterocycles. The van der Waals surface area contributed by atoms with Gasteiger partial charge in [-0.2, -0.15) is 12.7 Å². The van der Waals surface area contributed by atoms with Crippen LogP contribution in [0.2, 0.25) is 6.32 Å². The van der Waals surface area contributed by atoms with Crippen LogP contribution in [0.15, 0.2) is 24.3 Å². The number of aliphatic carboxylic acids is 1. The Hall–Kier alpha value is -1.86. The topological polar surface area (TPSA) is 179 Å². The summed E-state index contributed by atoms with van der Waals surface area (Å²) in [5.41, 5.74) is 10.4. The van der Waals surface area contributed by atoms with Crippen molar-refractivity contribution < 1.29 is 28.4 Å². The van der Waals surface area contributed by atoms with Gasteiger partial charge in [-0.25, -0.2) is 0 Å². The van der Waals surface area contributed by atoms with Crippen molar-refractivity contribution in [2.75, 3.05) is 23.5 Å². The molecule has 8 N–H and O–H groups in total. The molecule has 0 bridgehead atoms. The molecule has 1 fully saturated rings. The molecule has 12 heteroatoms. The highest BCUT2D eigenvalue weighted by atomic mass is 32.2. The van der Waals surface area contributed by atoms with Crippen molar-refractivity contribution in [3.63, 3.8) is 0 Å². The molecule has 0 aliphatic carbocycles. The number of carboxylic acid groups (broad SMARTS) is 1. The van der Waals surface area contributed by atoms with Crippen molar-refractivity contribution in [1.82, 2.24) is 4.31 Å². The van der Waals surface area contributed by atoms with Crippen molar-refractivity contribution in [2.24, 2.45) is 11.7 Å². The number of carboxylic acids is 1. The van der Waals surface area contributed by atoms with Crippen LogP contribution >= 0.6 is 0 Å². The number of nitrogens with zero attached hydrogens (tertiary/aromatic N) is 1. The maximum atomic E-state index is 12.6. The Morgan fingerprint density at radius 2 is 2.04 bits per heavy atom. The molecule has 0 saturated carbocycles. The minimum absolute atomic E-state index is 0.0533. The minimum atomic E-state index is -4.05. The zero-order chi connectivity index (χ0) is 19.5. The molecular formula is C14H23BN4O6S. The molecule has 1 aromatic carbocycles. The highest BCUT2D eigenvalue weighted by Crippen LogP contribution is 2.33. The molecule has 1 aromatic rings. The van der Waals surface area contributed by atoms with Gasteiger partial charge in [0.25, 0.3) is 0 Å². The second kappa shape index (κ2) is 7.80. The SMILES string of the molecule is Nc1ccccc1NS(=O)(=O)N1C[C@@H](CCCB(O)O)[C@@](N)(C(=O)O)C1. The van der Waals surface area contributed by atoms with Gasteiger partial charge in [-0.3, -0.25) is 9.52 Å². The van der Waals surface area contributed by atoms with E-state index in [1.807, 2.05) is 0 Å². The van der Waals surface area contributed by atoms with E-state index in [1.165, 1.54) is 12.1 Å². The molecule has 0 unspecified atom stereocenters. The number of rotatable bonds is 8. The van der Waals surface area contributed by atoms with Crippen LogP contribution in [0.25, 0.3) is 0 Å². The van der Waals surface area contributed by atoms with Crippen LogP contribution in [-0.4, -0.2) is 59.6 Å². The van der Waals surface area contributed by atoms with Gasteiger partial charge in [0.1, 0.15) is 5.54 Å². The summed E-state index contributed by atoms with van der Waals surface area (Å²) in [6.07, 6.45) is 0.610. The fourth-order valence-electron chi connectivity index (χ4n) is 3.01. The zero-order valence-corrected chi connectivity index (χ0v) is 14.9. The van der Waals surface area contributed by atoms with Crippen molar-refractivity contribution in [1.29, 1.82) is 0 Å².